The van der Waals surface area contributed by atoms with Gasteiger partial charge in [0.2, 0.25) is 0 Å². The number of carbonyl (C=O) groups is 3. The van der Waals surface area contributed by atoms with Crippen LogP contribution in [0, 0.1) is 0 Å². The highest BCUT2D eigenvalue weighted by molar-refractivity contribution is 5.68. The number of hydrogen-bond acceptors (Lipinski definition) is 11. The largest absolute Gasteiger partial charge is 0.459 e. The first-order valence-corrected chi connectivity index (χ1v) is 15.1. The molecule has 1 saturated carbocycles. The summed E-state index contributed by atoms with van der Waals surface area (Å²) >= 11 is 0. The Bertz CT molecular complexity index is 1450. The van der Waals surface area contributed by atoms with Gasteiger partial charge in [-0.3, -0.25) is 9.59 Å². The fraction of sp³-hybridized carbons (Fsp3) is 0.516. The van der Waals surface area contributed by atoms with Crippen molar-refractivity contribution in [2.75, 3.05) is 6.54 Å². The van der Waals surface area contributed by atoms with E-state index in [2.05, 4.69) is 20.1 Å². The zero-order valence-corrected chi connectivity index (χ0v) is 26.0. The highest BCUT2D eigenvalue weighted by Crippen LogP contribution is 2.34. The first-order valence-electron chi connectivity index (χ1n) is 15.1. The van der Waals surface area contributed by atoms with Crippen LogP contribution in [0.4, 0.5) is 4.79 Å². The van der Waals surface area contributed by atoms with Crippen LogP contribution < -0.4 is 0 Å². The molecule has 1 heterocycles. The van der Waals surface area contributed by atoms with Gasteiger partial charge < -0.3 is 33.7 Å². The van der Waals surface area contributed by atoms with Crippen LogP contribution in [0.25, 0.3) is 20.9 Å². The molecule has 16 heteroatoms. The lowest BCUT2D eigenvalue weighted by atomic mass is 9.84. The van der Waals surface area contributed by atoms with Gasteiger partial charge in [0.05, 0.1) is 30.8 Å². The van der Waals surface area contributed by atoms with E-state index in [0.29, 0.717) is 6.42 Å². The maximum Gasteiger partial charge on any atom is 0.410 e. The van der Waals surface area contributed by atoms with Crippen LogP contribution in [0.2, 0.25) is 0 Å². The van der Waals surface area contributed by atoms with Crippen LogP contribution in [0.3, 0.4) is 0 Å². The van der Waals surface area contributed by atoms with Gasteiger partial charge in [0.1, 0.15) is 18.8 Å². The Labute approximate surface area is 270 Å². The number of esters is 2. The summed E-state index contributed by atoms with van der Waals surface area (Å²) in [6, 6.07) is 16.5. The van der Waals surface area contributed by atoms with Crippen molar-refractivity contribution in [3.63, 3.8) is 0 Å². The van der Waals surface area contributed by atoms with Crippen LogP contribution in [-0.4, -0.2) is 83.5 Å². The third kappa shape index (κ3) is 10.1. The molecule has 2 aromatic rings. The predicted octanol–water partition coefficient (Wildman–Crippen LogP) is 4.70. The molecule has 2 aliphatic rings. The lowest BCUT2D eigenvalue weighted by Gasteiger charge is -2.44. The van der Waals surface area contributed by atoms with Gasteiger partial charge in [0.15, 0.2) is 12.4 Å². The molecule has 0 spiro atoms. The van der Waals surface area contributed by atoms with E-state index in [-0.39, 0.29) is 32.5 Å². The molecule has 1 saturated heterocycles. The van der Waals surface area contributed by atoms with Crippen LogP contribution in [0.15, 0.2) is 70.9 Å². The highest BCUT2D eigenvalue weighted by atomic mass is 16.7. The topological polar surface area (TPSA) is 218 Å². The van der Waals surface area contributed by atoms with E-state index in [1.807, 2.05) is 60.7 Å². The Balaban J connectivity index is 1.55. The number of ether oxygens (including phenoxy) is 5. The molecule has 250 valence electrons. The molecular weight excluding hydrogens is 614 g/mol. The van der Waals surface area contributed by atoms with Crippen molar-refractivity contribution >= 4 is 18.0 Å². The van der Waals surface area contributed by atoms with Gasteiger partial charge in [-0.1, -0.05) is 70.9 Å². The summed E-state index contributed by atoms with van der Waals surface area (Å²) in [5.74, 6) is -1.34. The second kappa shape index (κ2) is 17.2. The molecule has 47 heavy (non-hydrogen) atoms. The van der Waals surface area contributed by atoms with Crippen LogP contribution in [0.5, 0.6) is 0 Å². The van der Waals surface area contributed by atoms with Crippen molar-refractivity contribution in [2.45, 2.75) is 95.2 Å². The molecule has 0 bridgehead atoms. The van der Waals surface area contributed by atoms with E-state index in [1.54, 1.807) is 0 Å². The van der Waals surface area contributed by atoms with Crippen LogP contribution in [0.1, 0.15) is 44.2 Å². The number of carbonyl (C=O) groups excluding carboxylic acids is 3. The van der Waals surface area contributed by atoms with Gasteiger partial charge in [-0.2, -0.15) is 0 Å². The molecule has 8 atom stereocenters. The Kier molecular flexibility index (Phi) is 12.8. The summed E-state index contributed by atoms with van der Waals surface area (Å²) in [6.07, 6.45) is -7.08. The lowest BCUT2D eigenvalue weighted by molar-refractivity contribution is -0.284. The summed E-state index contributed by atoms with van der Waals surface area (Å²) < 4.78 is 28.8. The van der Waals surface area contributed by atoms with Gasteiger partial charge in [-0.05, 0) is 41.5 Å². The van der Waals surface area contributed by atoms with Gasteiger partial charge in [-0.15, -0.1) is 0 Å². The predicted molar refractivity (Wildman–Crippen MR) is 164 cm³/mol. The normalized spacial score (nSPS) is 26.9. The second-order valence-electron chi connectivity index (χ2n) is 11.2. The minimum atomic E-state index is -1.61. The molecule has 0 unspecified atom stereocenters. The first-order chi connectivity index (χ1) is 22.7. The molecule has 0 radical (unpaired) electrons. The van der Waals surface area contributed by atoms with Gasteiger partial charge in [0, 0.05) is 30.2 Å². The standard InChI is InChI=1S/C31H37N7O9/c1-19(39)44-26-14-13-23(17-38(16-21-9-5-3-6-10-21)31(42)43-18-22-11-7-4-8-12-22)46-30(26)47-29-25(35-37-33)15-24(34-36-32)28(27(29)41)45-20(2)40/h3-12,23-30,41H,13-18H2,1-2H3/t23-,24+,25-,26+,27+,28-,29+,30+/m0/s1. The Morgan fingerprint density at radius 1 is 0.894 bits per heavy atom. The molecule has 1 N–H and O–H groups in total. The van der Waals surface area contributed by atoms with Crippen LogP contribution >= 0.6 is 0 Å². The van der Waals surface area contributed by atoms with Gasteiger partial charge in [0.25, 0.3) is 0 Å². The molecule has 1 amide bonds. The van der Waals surface area contributed by atoms with E-state index >= 15 is 0 Å². The van der Waals surface area contributed by atoms with Crippen molar-refractivity contribution in [3.05, 3.63) is 92.7 Å². The summed E-state index contributed by atoms with van der Waals surface area (Å²) in [4.78, 5) is 44.3. The summed E-state index contributed by atoms with van der Waals surface area (Å²) in [6.45, 7) is 2.73. The second-order valence-corrected chi connectivity index (χ2v) is 11.2. The molecule has 4 rings (SSSR count). The van der Waals surface area contributed by atoms with Crippen LogP contribution in [-0.2, 0) is 46.4 Å². The SMILES string of the molecule is CC(=O)O[C@@H]1[C@@H](O)[C@H](O[C@H]2O[C@H](CN(Cc3ccccc3)C(=O)OCc3ccccc3)CC[C@H]2OC(C)=O)[C@@H](N=[N+]=[N-])C[C@H]1N=[N+]=[N-]. The summed E-state index contributed by atoms with van der Waals surface area (Å²) in [5, 5.41) is 18.6. The fourth-order valence-corrected chi connectivity index (χ4v) is 5.66. The number of amides is 1. The van der Waals surface area contributed by atoms with Gasteiger partial charge in [-0.25, -0.2) is 4.79 Å². The molecule has 16 nitrogen and oxygen atoms in total. The average Bonchev–Trinajstić information content (AvgIpc) is 3.05. The minimum Gasteiger partial charge on any atom is -0.459 e. The molecule has 2 fully saturated rings. The van der Waals surface area contributed by atoms with Crippen molar-refractivity contribution in [1.29, 1.82) is 0 Å². The Hall–Kier alpha value is -4.85. The quantitative estimate of drug-likeness (QED) is 0.110. The van der Waals surface area contributed by atoms with Crippen molar-refractivity contribution < 1.29 is 43.2 Å². The van der Waals surface area contributed by atoms with E-state index in [9.17, 15) is 25.0 Å². The third-order valence-electron chi connectivity index (χ3n) is 7.73. The smallest absolute Gasteiger partial charge is 0.410 e. The first kappa shape index (κ1) is 35.0. The van der Waals surface area contributed by atoms with E-state index in [4.69, 9.17) is 29.2 Å². The Morgan fingerprint density at radius 3 is 2.09 bits per heavy atom. The molecule has 0 aromatic heterocycles. The van der Waals surface area contributed by atoms with Gasteiger partial charge >= 0.3 is 18.0 Å². The average molecular weight is 652 g/mol. The maximum atomic E-state index is 13.4. The van der Waals surface area contributed by atoms with E-state index in [1.165, 1.54) is 11.8 Å². The maximum absolute atomic E-state index is 13.4. The third-order valence-corrected chi connectivity index (χ3v) is 7.73. The lowest BCUT2D eigenvalue weighted by Crippen LogP contribution is -2.59. The number of benzene rings is 2. The molecule has 1 aliphatic carbocycles. The molecule has 1 aliphatic heterocycles. The fourth-order valence-electron chi connectivity index (χ4n) is 5.66. The van der Waals surface area contributed by atoms with Crippen molar-refractivity contribution in [1.82, 2.24) is 4.90 Å². The number of aliphatic hydroxyl groups excluding tert-OH is 1. The zero-order chi connectivity index (χ0) is 33.8. The monoisotopic (exact) mass is 651 g/mol. The van der Waals surface area contributed by atoms with E-state index in [0.717, 1.165) is 18.1 Å². The summed E-state index contributed by atoms with van der Waals surface area (Å²) in [7, 11) is 0. The number of azide groups is 2. The number of nitrogens with zero attached hydrogens (tertiary/aromatic N) is 7. The zero-order valence-electron chi connectivity index (χ0n) is 26.0. The summed E-state index contributed by atoms with van der Waals surface area (Å²) in [5.41, 5.74) is 20.0. The Morgan fingerprint density at radius 2 is 1.49 bits per heavy atom. The number of aliphatic hydroxyl groups is 1. The van der Waals surface area contributed by atoms with E-state index < -0.39 is 66.9 Å². The number of hydrogen-bond donors (Lipinski definition) is 1. The minimum absolute atomic E-state index is 0.0669. The van der Waals surface area contributed by atoms with Crippen molar-refractivity contribution in [3.8, 4) is 0 Å². The number of rotatable bonds is 12. The highest BCUT2D eigenvalue weighted by Gasteiger charge is 2.49. The molecule has 2 aromatic carbocycles. The molecular formula is C31H37N7O9. The van der Waals surface area contributed by atoms with Crippen molar-refractivity contribution in [2.24, 2.45) is 10.2 Å².